The number of aromatic nitrogens is 2. The van der Waals surface area contributed by atoms with Gasteiger partial charge >= 0.3 is 0 Å². The van der Waals surface area contributed by atoms with Crippen molar-refractivity contribution < 1.29 is 0 Å². The Morgan fingerprint density at radius 2 is 2.00 bits per heavy atom. The predicted molar refractivity (Wildman–Crippen MR) is 79.8 cm³/mol. The molecular formula is C14H25N5. The first-order valence-corrected chi connectivity index (χ1v) is 7.12. The van der Waals surface area contributed by atoms with Gasteiger partial charge in [-0.15, -0.1) is 0 Å². The summed E-state index contributed by atoms with van der Waals surface area (Å²) in [5.41, 5.74) is 0. The van der Waals surface area contributed by atoms with Crippen molar-refractivity contribution in [2.24, 2.45) is 0 Å². The molecule has 0 bridgehead atoms. The molecule has 5 nitrogen and oxygen atoms in total. The lowest BCUT2D eigenvalue weighted by atomic mass is 10.3. The minimum atomic E-state index is 0.367. The van der Waals surface area contributed by atoms with Crippen molar-refractivity contribution in [3.63, 3.8) is 0 Å². The number of nitrogens with one attached hydrogen (secondary N) is 2. The van der Waals surface area contributed by atoms with Gasteiger partial charge in [-0.3, -0.25) is 0 Å². The van der Waals surface area contributed by atoms with Crippen molar-refractivity contribution in [3.8, 4) is 0 Å². The number of hydrogen-bond acceptors (Lipinski definition) is 5. The second kappa shape index (κ2) is 6.19. The Hall–Kier alpha value is -1.36. The standard InChI is InChI=1S/C14H25N5/c1-5-15-12-8-13(16-10(2)9-19(3)4)18-14(17-12)11-6-7-11/h8,10-11H,5-7,9H2,1-4H3,(H2,15,16,17,18). The summed E-state index contributed by atoms with van der Waals surface area (Å²) in [5, 5.41) is 6.75. The van der Waals surface area contributed by atoms with Crippen molar-refractivity contribution in [1.29, 1.82) is 0 Å². The molecule has 1 unspecified atom stereocenters. The minimum Gasteiger partial charge on any atom is -0.370 e. The summed E-state index contributed by atoms with van der Waals surface area (Å²) in [6, 6.07) is 2.37. The zero-order valence-corrected chi connectivity index (χ0v) is 12.4. The van der Waals surface area contributed by atoms with Crippen LogP contribution in [0, 0.1) is 0 Å². The molecule has 0 aliphatic heterocycles. The summed E-state index contributed by atoms with van der Waals surface area (Å²) in [6.45, 7) is 6.12. The molecule has 1 aliphatic rings. The van der Waals surface area contributed by atoms with E-state index in [0.29, 0.717) is 12.0 Å². The van der Waals surface area contributed by atoms with E-state index >= 15 is 0 Å². The van der Waals surface area contributed by atoms with Crippen molar-refractivity contribution in [2.75, 3.05) is 37.8 Å². The van der Waals surface area contributed by atoms with Crippen molar-refractivity contribution in [3.05, 3.63) is 11.9 Å². The maximum Gasteiger partial charge on any atom is 0.136 e. The van der Waals surface area contributed by atoms with Crippen LogP contribution in [0.15, 0.2) is 6.07 Å². The second-order valence-corrected chi connectivity index (χ2v) is 5.61. The maximum atomic E-state index is 4.64. The van der Waals surface area contributed by atoms with E-state index in [9.17, 15) is 0 Å². The van der Waals surface area contributed by atoms with E-state index in [1.807, 2.05) is 6.07 Å². The maximum absolute atomic E-state index is 4.64. The lowest BCUT2D eigenvalue weighted by Crippen LogP contribution is -2.30. The first-order chi connectivity index (χ1) is 9.08. The van der Waals surface area contributed by atoms with E-state index in [1.54, 1.807) is 0 Å². The second-order valence-electron chi connectivity index (χ2n) is 5.61. The van der Waals surface area contributed by atoms with Crippen LogP contribution in [0.4, 0.5) is 11.6 Å². The molecule has 1 heterocycles. The van der Waals surface area contributed by atoms with E-state index in [4.69, 9.17) is 0 Å². The quantitative estimate of drug-likeness (QED) is 0.789. The molecule has 0 aromatic carbocycles. The smallest absolute Gasteiger partial charge is 0.136 e. The van der Waals surface area contributed by atoms with E-state index in [-0.39, 0.29) is 0 Å². The Labute approximate surface area is 115 Å². The fraction of sp³-hybridized carbons (Fsp3) is 0.714. The largest absolute Gasteiger partial charge is 0.370 e. The van der Waals surface area contributed by atoms with Crippen molar-refractivity contribution >= 4 is 11.6 Å². The molecule has 2 N–H and O–H groups in total. The fourth-order valence-electron chi connectivity index (χ4n) is 2.18. The van der Waals surface area contributed by atoms with E-state index in [1.165, 1.54) is 12.8 Å². The number of hydrogen-bond donors (Lipinski definition) is 2. The van der Waals surface area contributed by atoms with Crippen LogP contribution in [-0.2, 0) is 0 Å². The third-order valence-electron chi connectivity index (χ3n) is 3.08. The van der Waals surface area contributed by atoms with Gasteiger partial charge in [-0.25, -0.2) is 9.97 Å². The number of likely N-dealkylation sites (N-methyl/N-ethyl adjacent to an activating group) is 1. The van der Waals surface area contributed by atoms with E-state index in [2.05, 4.69) is 53.4 Å². The molecule has 0 saturated heterocycles. The van der Waals surface area contributed by atoms with Crippen LogP contribution in [0.25, 0.3) is 0 Å². The summed E-state index contributed by atoms with van der Waals surface area (Å²) in [6.07, 6.45) is 2.45. The Morgan fingerprint density at radius 1 is 1.32 bits per heavy atom. The van der Waals surface area contributed by atoms with Crippen molar-refractivity contribution in [1.82, 2.24) is 14.9 Å². The summed E-state index contributed by atoms with van der Waals surface area (Å²) in [4.78, 5) is 11.4. The Bertz CT molecular complexity index is 414. The first kappa shape index (κ1) is 14.1. The van der Waals surface area contributed by atoms with Crippen LogP contribution in [0.2, 0.25) is 0 Å². The van der Waals surface area contributed by atoms with Gasteiger partial charge in [-0.05, 0) is 40.8 Å². The van der Waals surface area contributed by atoms with Gasteiger partial charge in [-0.1, -0.05) is 0 Å². The summed E-state index contributed by atoms with van der Waals surface area (Å²) in [7, 11) is 4.16. The SMILES string of the molecule is CCNc1cc(NC(C)CN(C)C)nc(C2CC2)n1. The Morgan fingerprint density at radius 3 is 2.58 bits per heavy atom. The average Bonchev–Trinajstić information content (AvgIpc) is 3.11. The fourth-order valence-corrected chi connectivity index (χ4v) is 2.18. The molecular weight excluding hydrogens is 238 g/mol. The summed E-state index contributed by atoms with van der Waals surface area (Å²) in [5.74, 6) is 3.42. The Kier molecular flexibility index (Phi) is 4.58. The van der Waals surface area contributed by atoms with Gasteiger partial charge < -0.3 is 15.5 Å². The van der Waals surface area contributed by atoms with Crippen molar-refractivity contribution in [2.45, 2.75) is 38.6 Å². The van der Waals surface area contributed by atoms with Crippen LogP contribution < -0.4 is 10.6 Å². The van der Waals surface area contributed by atoms with Gasteiger partial charge in [0.2, 0.25) is 0 Å². The molecule has 106 valence electrons. The normalized spacial score (nSPS) is 16.5. The van der Waals surface area contributed by atoms with Gasteiger partial charge in [0.05, 0.1) is 0 Å². The molecule has 1 aromatic rings. The predicted octanol–water partition coefficient (Wildman–Crippen LogP) is 2.15. The van der Waals surface area contributed by atoms with Gasteiger partial charge in [0.15, 0.2) is 0 Å². The van der Waals surface area contributed by atoms with Crippen LogP contribution in [-0.4, -0.2) is 48.1 Å². The molecule has 1 fully saturated rings. The molecule has 19 heavy (non-hydrogen) atoms. The highest BCUT2D eigenvalue weighted by Crippen LogP contribution is 2.38. The zero-order chi connectivity index (χ0) is 13.8. The highest BCUT2D eigenvalue weighted by Gasteiger charge is 2.27. The third-order valence-corrected chi connectivity index (χ3v) is 3.08. The van der Waals surface area contributed by atoms with Crippen LogP contribution in [0.3, 0.4) is 0 Å². The third kappa shape index (κ3) is 4.35. The molecule has 1 saturated carbocycles. The van der Waals surface area contributed by atoms with E-state index in [0.717, 1.165) is 30.5 Å². The zero-order valence-electron chi connectivity index (χ0n) is 12.4. The average molecular weight is 263 g/mol. The molecule has 5 heteroatoms. The molecule has 1 aliphatic carbocycles. The number of nitrogens with zero attached hydrogens (tertiary/aromatic N) is 3. The van der Waals surface area contributed by atoms with Crippen LogP contribution >= 0.6 is 0 Å². The lowest BCUT2D eigenvalue weighted by molar-refractivity contribution is 0.392. The van der Waals surface area contributed by atoms with Gasteiger partial charge in [-0.2, -0.15) is 0 Å². The molecule has 0 radical (unpaired) electrons. The Balaban J connectivity index is 2.09. The van der Waals surface area contributed by atoms with Gasteiger partial charge in [0, 0.05) is 31.1 Å². The molecule has 0 amide bonds. The number of anilines is 2. The first-order valence-electron chi connectivity index (χ1n) is 7.12. The number of rotatable bonds is 7. The highest BCUT2D eigenvalue weighted by molar-refractivity contribution is 5.48. The summed E-state index contributed by atoms with van der Waals surface area (Å²) >= 11 is 0. The van der Waals surface area contributed by atoms with E-state index < -0.39 is 0 Å². The summed E-state index contributed by atoms with van der Waals surface area (Å²) < 4.78 is 0. The van der Waals surface area contributed by atoms with Gasteiger partial charge in [0.25, 0.3) is 0 Å². The van der Waals surface area contributed by atoms with Gasteiger partial charge in [0.1, 0.15) is 17.5 Å². The van der Waals surface area contributed by atoms with Crippen LogP contribution in [0.1, 0.15) is 38.4 Å². The van der Waals surface area contributed by atoms with Crippen LogP contribution in [0.5, 0.6) is 0 Å². The lowest BCUT2D eigenvalue weighted by Gasteiger charge is -2.19. The monoisotopic (exact) mass is 263 g/mol. The molecule has 2 rings (SSSR count). The molecule has 0 spiro atoms. The highest BCUT2D eigenvalue weighted by atomic mass is 15.1. The topological polar surface area (TPSA) is 53.1 Å². The molecule has 1 atom stereocenters. The minimum absolute atomic E-state index is 0.367. The molecule has 1 aromatic heterocycles.